The molecule has 1 saturated carbocycles. The zero-order valence-corrected chi connectivity index (χ0v) is 4.85. The van der Waals surface area contributed by atoms with Gasteiger partial charge in [-0.05, 0) is 18.9 Å². The molecule has 0 radical (unpaired) electrons. The number of fused-ring (bicyclic) bond motifs is 1. The van der Waals surface area contributed by atoms with E-state index in [1.54, 1.807) is 0 Å². The lowest BCUT2D eigenvalue weighted by Crippen LogP contribution is -2.18. The van der Waals surface area contributed by atoms with Gasteiger partial charge in [0.1, 0.15) is 0 Å². The SMILES string of the molecule is OC[C@]12CNCC1C2. The largest absolute Gasteiger partial charge is 0.396 e. The second kappa shape index (κ2) is 1.25. The molecule has 2 fully saturated rings. The van der Waals surface area contributed by atoms with Gasteiger partial charge in [0.15, 0.2) is 0 Å². The molecule has 2 nitrogen and oxygen atoms in total. The van der Waals surface area contributed by atoms with Gasteiger partial charge in [0.2, 0.25) is 0 Å². The predicted octanol–water partition coefficient (Wildman–Crippen LogP) is -0.412. The summed E-state index contributed by atoms with van der Waals surface area (Å²) in [7, 11) is 0. The Bertz CT molecular complexity index is 111. The Balaban J connectivity index is 2.08. The first-order chi connectivity index (χ1) is 3.87. The van der Waals surface area contributed by atoms with Gasteiger partial charge in [-0.3, -0.25) is 0 Å². The summed E-state index contributed by atoms with van der Waals surface area (Å²) < 4.78 is 0. The Kier molecular flexibility index (Phi) is 0.746. The number of nitrogens with one attached hydrogen (secondary N) is 1. The van der Waals surface area contributed by atoms with Gasteiger partial charge in [0.25, 0.3) is 0 Å². The minimum atomic E-state index is 0.347. The number of rotatable bonds is 1. The average molecular weight is 113 g/mol. The van der Waals surface area contributed by atoms with Crippen molar-refractivity contribution in [2.75, 3.05) is 19.7 Å². The summed E-state index contributed by atoms with van der Waals surface area (Å²) in [6.45, 7) is 2.58. The van der Waals surface area contributed by atoms with Crippen LogP contribution in [0.25, 0.3) is 0 Å². The molecular formula is C6H11NO. The maximum absolute atomic E-state index is 8.83. The molecule has 2 aliphatic rings. The van der Waals surface area contributed by atoms with Crippen LogP contribution < -0.4 is 5.32 Å². The molecule has 46 valence electrons. The van der Waals surface area contributed by atoms with Crippen LogP contribution in [0.5, 0.6) is 0 Å². The summed E-state index contributed by atoms with van der Waals surface area (Å²) in [6.07, 6.45) is 1.26. The molecular weight excluding hydrogens is 102 g/mol. The van der Waals surface area contributed by atoms with Crippen molar-refractivity contribution in [3.8, 4) is 0 Å². The minimum absolute atomic E-state index is 0.347. The van der Waals surface area contributed by atoms with Gasteiger partial charge < -0.3 is 10.4 Å². The Morgan fingerprint density at radius 1 is 1.75 bits per heavy atom. The van der Waals surface area contributed by atoms with Gasteiger partial charge in [0.05, 0.1) is 6.61 Å². The quantitative estimate of drug-likeness (QED) is 0.484. The molecule has 0 spiro atoms. The topological polar surface area (TPSA) is 32.3 Å². The summed E-state index contributed by atoms with van der Waals surface area (Å²) in [5, 5.41) is 12.1. The molecule has 0 aromatic carbocycles. The van der Waals surface area contributed by atoms with E-state index >= 15 is 0 Å². The number of hydrogen-bond donors (Lipinski definition) is 2. The van der Waals surface area contributed by atoms with Gasteiger partial charge in [-0.15, -0.1) is 0 Å². The molecule has 0 bridgehead atoms. The van der Waals surface area contributed by atoms with Crippen LogP contribution in [0.2, 0.25) is 0 Å². The van der Waals surface area contributed by atoms with Crippen LogP contribution in [-0.2, 0) is 0 Å². The Hall–Kier alpha value is -0.0800. The highest BCUT2D eigenvalue weighted by atomic mass is 16.3. The summed E-state index contributed by atoms with van der Waals surface area (Å²) >= 11 is 0. The van der Waals surface area contributed by atoms with E-state index in [0.29, 0.717) is 12.0 Å². The third-order valence-corrected chi connectivity index (χ3v) is 2.54. The molecule has 1 aliphatic heterocycles. The third-order valence-electron chi connectivity index (χ3n) is 2.54. The van der Waals surface area contributed by atoms with Crippen LogP contribution in [0.4, 0.5) is 0 Å². The molecule has 2 atom stereocenters. The fraction of sp³-hybridized carbons (Fsp3) is 1.00. The van der Waals surface area contributed by atoms with Crippen LogP contribution in [0.3, 0.4) is 0 Å². The smallest absolute Gasteiger partial charge is 0.0502 e. The lowest BCUT2D eigenvalue weighted by molar-refractivity contribution is 0.214. The van der Waals surface area contributed by atoms with E-state index in [1.165, 1.54) is 6.42 Å². The van der Waals surface area contributed by atoms with E-state index in [9.17, 15) is 0 Å². The van der Waals surface area contributed by atoms with Crippen molar-refractivity contribution in [2.45, 2.75) is 6.42 Å². The van der Waals surface area contributed by atoms with E-state index < -0.39 is 0 Å². The highest BCUT2D eigenvalue weighted by Gasteiger charge is 2.56. The monoisotopic (exact) mass is 113 g/mol. The van der Waals surface area contributed by atoms with Gasteiger partial charge in [-0.1, -0.05) is 0 Å². The summed E-state index contributed by atoms with van der Waals surface area (Å²) in [5.74, 6) is 0.812. The van der Waals surface area contributed by atoms with Crippen molar-refractivity contribution in [3.63, 3.8) is 0 Å². The van der Waals surface area contributed by atoms with E-state index in [4.69, 9.17) is 5.11 Å². The molecule has 2 rings (SSSR count). The van der Waals surface area contributed by atoms with Gasteiger partial charge in [-0.25, -0.2) is 0 Å². The fourth-order valence-electron chi connectivity index (χ4n) is 1.68. The minimum Gasteiger partial charge on any atom is -0.396 e. The van der Waals surface area contributed by atoms with Crippen LogP contribution in [0.15, 0.2) is 0 Å². The van der Waals surface area contributed by atoms with Crippen LogP contribution in [0, 0.1) is 11.3 Å². The fourth-order valence-corrected chi connectivity index (χ4v) is 1.68. The predicted molar refractivity (Wildman–Crippen MR) is 30.5 cm³/mol. The molecule has 2 heteroatoms. The van der Waals surface area contributed by atoms with Crippen LogP contribution in [-0.4, -0.2) is 24.8 Å². The van der Waals surface area contributed by atoms with E-state index in [2.05, 4.69) is 5.32 Å². The highest BCUT2D eigenvalue weighted by Crippen LogP contribution is 2.54. The molecule has 1 heterocycles. The first kappa shape index (κ1) is 4.77. The first-order valence-corrected chi connectivity index (χ1v) is 3.19. The van der Waals surface area contributed by atoms with Crippen LogP contribution >= 0.6 is 0 Å². The van der Waals surface area contributed by atoms with Crippen molar-refractivity contribution < 1.29 is 5.11 Å². The van der Waals surface area contributed by atoms with Crippen molar-refractivity contribution in [1.29, 1.82) is 0 Å². The van der Waals surface area contributed by atoms with E-state index in [0.717, 1.165) is 19.0 Å². The summed E-state index contributed by atoms with van der Waals surface area (Å²) in [4.78, 5) is 0. The van der Waals surface area contributed by atoms with E-state index in [-0.39, 0.29) is 0 Å². The zero-order chi connectivity index (χ0) is 5.61. The molecule has 0 amide bonds. The highest BCUT2D eigenvalue weighted by molar-refractivity contribution is 5.08. The van der Waals surface area contributed by atoms with Gasteiger partial charge in [-0.2, -0.15) is 0 Å². The molecule has 8 heavy (non-hydrogen) atoms. The Morgan fingerprint density at radius 2 is 2.62 bits per heavy atom. The van der Waals surface area contributed by atoms with Crippen molar-refractivity contribution in [3.05, 3.63) is 0 Å². The average Bonchev–Trinajstić information content (AvgIpc) is 2.38. The molecule has 0 aromatic rings. The lowest BCUT2D eigenvalue weighted by Gasteiger charge is -2.03. The standard InChI is InChI=1S/C6H11NO/c8-4-6-1-5(6)2-7-3-6/h5,7-8H,1-4H2/t5?,6-/m0/s1. The molecule has 1 saturated heterocycles. The normalized spacial score (nSPS) is 51.4. The molecule has 0 aromatic heterocycles. The summed E-state index contributed by atoms with van der Waals surface area (Å²) in [6, 6.07) is 0. The van der Waals surface area contributed by atoms with Gasteiger partial charge >= 0.3 is 0 Å². The first-order valence-electron chi connectivity index (χ1n) is 3.19. The Labute approximate surface area is 48.9 Å². The second-order valence-corrected chi connectivity index (χ2v) is 3.05. The summed E-state index contributed by atoms with van der Waals surface area (Å²) in [5.41, 5.74) is 0.347. The second-order valence-electron chi connectivity index (χ2n) is 3.05. The van der Waals surface area contributed by atoms with Crippen molar-refractivity contribution in [2.24, 2.45) is 11.3 Å². The number of piperidine rings is 1. The number of aliphatic hydroxyl groups excluding tert-OH is 1. The zero-order valence-electron chi connectivity index (χ0n) is 4.85. The lowest BCUT2D eigenvalue weighted by atomic mass is 10.1. The molecule has 1 unspecified atom stereocenters. The van der Waals surface area contributed by atoms with E-state index in [1.807, 2.05) is 0 Å². The molecule has 2 N–H and O–H groups in total. The van der Waals surface area contributed by atoms with Gasteiger partial charge in [0, 0.05) is 12.0 Å². The van der Waals surface area contributed by atoms with Crippen molar-refractivity contribution in [1.82, 2.24) is 5.32 Å². The van der Waals surface area contributed by atoms with Crippen molar-refractivity contribution >= 4 is 0 Å². The third kappa shape index (κ3) is 0.400. The van der Waals surface area contributed by atoms with Crippen LogP contribution in [0.1, 0.15) is 6.42 Å². The molecule has 1 aliphatic carbocycles. The Morgan fingerprint density at radius 3 is 2.88 bits per heavy atom. The number of aliphatic hydroxyl groups is 1. The number of hydrogen-bond acceptors (Lipinski definition) is 2. The maximum atomic E-state index is 8.83. The maximum Gasteiger partial charge on any atom is 0.0502 e.